The fourth-order valence-electron chi connectivity index (χ4n) is 2.13. The lowest BCUT2D eigenvalue weighted by Crippen LogP contribution is -2.34. The summed E-state index contributed by atoms with van der Waals surface area (Å²) < 4.78 is 0. The number of aromatic hydroxyl groups is 1. The Morgan fingerprint density at radius 3 is 2.17 bits per heavy atom. The number of benzene rings is 2. The minimum atomic E-state index is -0.378. The molecule has 0 bridgehead atoms. The summed E-state index contributed by atoms with van der Waals surface area (Å²) in [6.07, 6.45) is 0. The van der Waals surface area contributed by atoms with Gasteiger partial charge in [0.1, 0.15) is 5.75 Å². The van der Waals surface area contributed by atoms with E-state index in [2.05, 4.69) is 10.6 Å². The molecule has 0 aliphatic carbocycles. The molecule has 0 saturated heterocycles. The molecule has 0 spiro atoms. The highest BCUT2D eigenvalue weighted by atomic mass is 35.5. The van der Waals surface area contributed by atoms with E-state index in [9.17, 15) is 14.7 Å². The van der Waals surface area contributed by atoms with Crippen LogP contribution in [0.5, 0.6) is 5.75 Å². The molecule has 2 rings (SSSR count). The predicted octanol–water partition coefficient (Wildman–Crippen LogP) is 2.82. The van der Waals surface area contributed by atoms with E-state index in [0.29, 0.717) is 16.1 Å². The molecule has 0 radical (unpaired) electrons. The Morgan fingerprint density at radius 2 is 1.54 bits per heavy atom. The monoisotopic (exact) mass is 346 g/mol. The van der Waals surface area contributed by atoms with Crippen LogP contribution in [0, 0.1) is 13.8 Å². The van der Waals surface area contributed by atoms with Crippen molar-refractivity contribution in [2.45, 2.75) is 13.8 Å². The molecule has 5 nitrogen and oxygen atoms in total. The molecule has 2 aromatic rings. The average Bonchev–Trinajstić information content (AvgIpc) is 2.57. The number of halogens is 1. The van der Waals surface area contributed by atoms with Gasteiger partial charge < -0.3 is 15.7 Å². The fourth-order valence-corrected chi connectivity index (χ4v) is 2.26. The number of aryl methyl sites for hydroxylation is 1. The smallest absolute Gasteiger partial charge is 0.255 e. The molecule has 24 heavy (non-hydrogen) atoms. The molecule has 2 aromatic carbocycles. The van der Waals surface area contributed by atoms with Gasteiger partial charge in [0.2, 0.25) is 0 Å². The van der Waals surface area contributed by atoms with Crippen molar-refractivity contribution in [3.8, 4) is 5.75 Å². The summed E-state index contributed by atoms with van der Waals surface area (Å²) in [6.45, 7) is 4.15. The van der Waals surface area contributed by atoms with Crippen LogP contribution in [0.4, 0.5) is 0 Å². The van der Waals surface area contributed by atoms with Crippen LogP contribution in [0.25, 0.3) is 0 Å². The van der Waals surface area contributed by atoms with Crippen LogP contribution in [0.2, 0.25) is 5.02 Å². The predicted molar refractivity (Wildman–Crippen MR) is 93.7 cm³/mol. The first-order valence-corrected chi connectivity index (χ1v) is 7.89. The fraction of sp³-hybridized carbons (Fsp3) is 0.222. The van der Waals surface area contributed by atoms with E-state index < -0.39 is 0 Å². The Kier molecular flexibility index (Phi) is 5.82. The van der Waals surface area contributed by atoms with Crippen molar-refractivity contribution >= 4 is 23.4 Å². The van der Waals surface area contributed by atoms with Crippen LogP contribution in [-0.4, -0.2) is 30.0 Å². The van der Waals surface area contributed by atoms with Crippen molar-refractivity contribution in [1.82, 2.24) is 10.6 Å². The summed E-state index contributed by atoms with van der Waals surface area (Å²) in [5, 5.41) is 16.0. The molecule has 2 amide bonds. The summed E-state index contributed by atoms with van der Waals surface area (Å²) in [5.74, 6) is -0.635. The van der Waals surface area contributed by atoms with Gasteiger partial charge in [0.15, 0.2) is 0 Å². The summed E-state index contributed by atoms with van der Waals surface area (Å²) in [4.78, 5) is 24.0. The second-order valence-corrected chi connectivity index (χ2v) is 5.86. The van der Waals surface area contributed by atoms with Gasteiger partial charge in [0, 0.05) is 23.7 Å². The molecular formula is C18H19ClN2O3. The number of phenolic OH excluding ortho intramolecular Hbond substituents is 1. The maximum absolute atomic E-state index is 12.1. The zero-order chi connectivity index (χ0) is 17.7. The zero-order valence-corrected chi connectivity index (χ0v) is 14.3. The topological polar surface area (TPSA) is 78.4 Å². The van der Waals surface area contributed by atoms with E-state index in [1.54, 1.807) is 43.3 Å². The lowest BCUT2D eigenvalue weighted by molar-refractivity contribution is 0.0926. The second-order valence-electron chi connectivity index (χ2n) is 5.42. The van der Waals surface area contributed by atoms with Crippen LogP contribution >= 0.6 is 11.6 Å². The molecule has 0 unspecified atom stereocenters. The van der Waals surface area contributed by atoms with Gasteiger partial charge in [-0.25, -0.2) is 0 Å². The minimum Gasteiger partial charge on any atom is -0.507 e. The third kappa shape index (κ3) is 4.26. The lowest BCUT2D eigenvalue weighted by atomic mass is 10.0. The Hall–Kier alpha value is -2.53. The van der Waals surface area contributed by atoms with Gasteiger partial charge in [-0.3, -0.25) is 9.59 Å². The molecule has 0 aliphatic heterocycles. The molecule has 0 atom stereocenters. The van der Waals surface area contributed by atoms with Crippen LogP contribution in [0.3, 0.4) is 0 Å². The first kappa shape index (κ1) is 17.8. The third-order valence-corrected chi connectivity index (χ3v) is 4.00. The van der Waals surface area contributed by atoms with E-state index in [1.165, 1.54) is 0 Å². The van der Waals surface area contributed by atoms with E-state index in [-0.39, 0.29) is 36.2 Å². The van der Waals surface area contributed by atoms with E-state index >= 15 is 0 Å². The van der Waals surface area contributed by atoms with Crippen molar-refractivity contribution in [3.63, 3.8) is 0 Å². The highest BCUT2D eigenvalue weighted by Gasteiger charge is 2.13. The molecule has 0 fully saturated rings. The Morgan fingerprint density at radius 1 is 0.958 bits per heavy atom. The summed E-state index contributed by atoms with van der Waals surface area (Å²) in [7, 11) is 0. The number of phenols is 1. The number of carbonyl (C=O) groups excluding carboxylic acids is 2. The quantitative estimate of drug-likeness (QED) is 0.728. The largest absolute Gasteiger partial charge is 0.507 e. The summed E-state index contributed by atoms with van der Waals surface area (Å²) in [6, 6.07) is 9.90. The van der Waals surface area contributed by atoms with Crippen LogP contribution in [0.1, 0.15) is 31.8 Å². The van der Waals surface area contributed by atoms with Gasteiger partial charge in [-0.05, 0) is 55.3 Å². The molecule has 3 N–H and O–H groups in total. The number of hydrogen-bond acceptors (Lipinski definition) is 3. The molecule has 6 heteroatoms. The average molecular weight is 347 g/mol. The van der Waals surface area contributed by atoms with Gasteiger partial charge in [0.05, 0.1) is 5.56 Å². The van der Waals surface area contributed by atoms with E-state index in [1.807, 2.05) is 6.92 Å². The standard InChI is InChI=1S/C18H19ClN2O3/c1-11-3-8-15(16(22)12(11)2)18(24)21-10-9-20-17(23)13-4-6-14(19)7-5-13/h3-8,22H,9-10H2,1-2H3,(H,20,23)(H,21,24). The number of hydrogen-bond donors (Lipinski definition) is 3. The van der Waals surface area contributed by atoms with Gasteiger partial charge in [0.25, 0.3) is 11.8 Å². The highest BCUT2D eigenvalue weighted by molar-refractivity contribution is 6.30. The summed E-state index contributed by atoms with van der Waals surface area (Å²) >= 11 is 5.77. The minimum absolute atomic E-state index is 0.0160. The first-order valence-electron chi connectivity index (χ1n) is 7.51. The number of nitrogens with one attached hydrogen (secondary N) is 2. The van der Waals surface area contributed by atoms with Crippen molar-refractivity contribution < 1.29 is 14.7 Å². The van der Waals surface area contributed by atoms with Crippen molar-refractivity contribution in [1.29, 1.82) is 0 Å². The van der Waals surface area contributed by atoms with Crippen molar-refractivity contribution in [3.05, 3.63) is 63.7 Å². The van der Waals surface area contributed by atoms with Crippen LogP contribution in [-0.2, 0) is 0 Å². The summed E-state index contributed by atoms with van der Waals surface area (Å²) in [5.41, 5.74) is 2.32. The van der Waals surface area contributed by atoms with Crippen LogP contribution < -0.4 is 10.6 Å². The molecule has 0 saturated carbocycles. The van der Waals surface area contributed by atoms with Crippen LogP contribution in [0.15, 0.2) is 36.4 Å². The molecule has 0 aromatic heterocycles. The number of carbonyl (C=O) groups is 2. The Labute approximate surface area is 145 Å². The first-order chi connectivity index (χ1) is 11.4. The number of rotatable bonds is 5. The number of amides is 2. The van der Waals surface area contributed by atoms with Gasteiger partial charge in [-0.2, -0.15) is 0 Å². The maximum Gasteiger partial charge on any atom is 0.255 e. The SMILES string of the molecule is Cc1ccc(C(=O)NCCNC(=O)c2ccc(Cl)cc2)c(O)c1C. The molecule has 126 valence electrons. The zero-order valence-electron chi connectivity index (χ0n) is 13.5. The maximum atomic E-state index is 12.1. The third-order valence-electron chi connectivity index (χ3n) is 3.75. The Balaban J connectivity index is 1.84. The lowest BCUT2D eigenvalue weighted by Gasteiger charge is -2.11. The van der Waals surface area contributed by atoms with Gasteiger partial charge >= 0.3 is 0 Å². The molecule has 0 heterocycles. The van der Waals surface area contributed by atoms with E-state index in [4.69, 9.17) is 11.6 Å². The highest BCUT2D eigenvalue weighted by Crippen LogP contribution is 2.24. The molecular weight excluding hydrogens is 328 g/mol. The van der Waals surface area contributed by atoms with E-state index in [0.717, 1.165) is 5.56 Å². The normalized spacial score (nSPS) is 10.3. The Bertz CT molecular complexity index is 758. The van der Waals surface area contributed by atoms with Gasteiger partial charge in [-0.15, -0.1) is 0 Å². The second kappa shape index (κ2) is 7.84. The van der Waals surface area contributed by atoms with Gasteiger partial charge in [-0.1, -0.05) is 17.7 Å². The molecule has 0 aliphatic rings. The van der Waals surface area contributed by atoms with Crippen molar-refractivity contribution in [2.75, 3.05) is 13.1 Å². The van der Waals surface area contributed by atoms with Crippen molar-refractivity contribution in [2.24, 2.45) is 0 Å².